The highest BCUT2D eigenvalue weighted by Gasteiger charge is 2.13. The molecular weight excluding hydrogens is 423 g/mol. The van der Waals surface area contributed by atoms with Crippen molar-refractivity contribution < 1.29 is 13.9 Å². The minimum absolute atomic E-state index is 0.0931. The number of nitrogens with one attached hydrogen (secondary N) is 1. The first-order valence-electron chi connectivity index (χ1n) is 9.25. The summed E-state index contributed by atoms with van der Waals surface area (Å²) in [5, 5.41) is 3.84. The van der Waals surface area contributed by atoms with Crippen LogP contribution in [0.4, 0.5) is 5.69 Å². The molecule has 0 bridgehead atoms. The van der Waals surface area contributed by atoms with Crippen LogP contribution in [0.2, 0.25) is 10.0 Å². The summed E-state index contributed by atoms with van der Waals surface area (Å²) in [5.74, 6) is 0.779. The second-order valence-corrected chi connectivity index (χ2v) is 7.78. The van der Waals surface area contributed by atoms with Crippen LogP contribution in [0, 0.1) is 13.8 Å². The summed E-state index contributed by atoms with van der Waals surface area (Å²) in [4.78, 5) is 16.8. The van der Waals surface area contributed by atoms with E-state index in [-0.39, 0.29) is 12.5 Å². The van der Waals surface area contributed by atoms with Crippen molar-refractivity contribution in [2.24, 2.45) is 0 Å². The van der Waals surface area contributed by atoms with E-state index < -0.39 is 0 Å². The Balaban J connectivity index is 1.48. The molecule has 0 saturated carbocycles. The summed E-state index contributed by atoms with van der Waals surface area (Å²) in [5.41, 5.74) is 4.49. The van der Waals surface area contributed by atoms with Gasteiger partial charge in [-0.2, -0.15) is 0 Å². The predicted molar refractivity (Wildman–Crippen MR) is 120 cm³/mol. The fraction of sp³-hybridized carbons (Fsp3) is 0.130. The van der Waals surface area contributed by atoms with Gasteiger partial charge >= 0.3 is 0 Å². The van der Waals surface area contributed by atoms with Crippen molar-refractivity contribution >= 4 is 45.9 Å². The van der Waals surface area contributed by atoms with Crippen LogP contribution in [0.1, 0.15) is 11.1 Å². The molecule has 1 heterocycles. The molecule has 0 aliphatic rings. The molecule has 0 atom stereocenters. The number of oxazole rings is 1. The Morgan fingerprint density at radius 3 is 2.70 bits per heavy atom. The van der Waals surface area contributed by atoms with Crippen LogP contribution in [0.3, 0.4) is 0 Å². The van der Waals surface area contributed by atoms with E-state index in [1.165, 1.54) is 0 Å². The molecule has 152 valence electrons. The number of rotatable bonds is 5. The van der Waals surface area contributed by atoms with Gasteiger partial charge in [-0.3, -0.25) is 4.79 Å². The quantitative estimate of drug-likeness (QED) is 0.387. The van der Waals surface area contributed by atoms with Crippen molar-refractivity contribution in [2.45, 2.75) is 13.8 Å². The first kappa shape index (κ1) is 20.3. The SMILES string of the molecule is Cc1ccc(OCC(=O)Nc2ccc3oc(-c4cc(Cl)ccc4Cl)nc3c2)c(C)c1. The van der Waals surface area contributed by atoms with Crippen LogP contribution in [0.15, 0.2) is 59.0 Å². The zero-order chi connectivity index (χ0) is 21.3. The van der Waals surface area contributed by atoms with Gasteiger partial charge in [0.15, 0.2) is 12.2 Å². The second kappa shape index (κ2) is 8.38. The number of aryl methyl sites for hydroxylation is 2. The minimum Gasteiger partial charge on any atom is -0.483 e. The summed E-state index contributed by atoms with van der Waals surface area (Å²) in [6.45, 7) is 3.86. The molecule has 0 saturated heterocycles. The van der Waals surface area contributed by atoms with Gasteiger partial charge in [0.1, 0.15) is 11.3 Å². The van der Waals surface area contributed by atoms with E-state index in [0.717, 1.165) is 11.1 Å². The Labute approximate surface area is 183 Å². The van der Waals surface area contributed by atoms with E-state index in [2.05, 4.69) is 10.3 Å². The first-order chi connectivity index (χ1) is 14.4. The molecule has 0 aliphatic heterocycles. The predicted octanol–water partition coefficient (Wildman–Crippen LogP) is 6.44. The van der Waals surface area contributed by atoms with Crippen molar-refractivity contribution in [3.8, 4) is 17.2 Å². The molecule has 30 heavy (non-hydrogen) atoms. The van der Waals surface area contributed by atoms with Gasteiger partial charge in [0.2, 0.25) is 5.89 Å². The molecule has 4 aromatic rings. The average molecular weight is 441 g/mol. The van der Waals surface area contributed by atoms with Gasteiger partial charge in [-0.1, -0.05) is 40.9 Å². The summed E-state index contributed by atoms with van der Waals surface area (Å²) < 4.78 is 11.4. The number of amides is 1. The number of fused-ring (bicyclic) bond motifs is 1. The molecule has 7 heteroatoms. The fourth-order valence-corrected chi connectivity index (χ4v) is 3.45. The maximum atomic E-state index is 12.3. The molecule has 4 rings (SSSR count). The van der Waals surface area contributed by atoms with Gasteiger partial charge in [0.25, 0.3) is 5.91 Å². The molecule has 1 N–H and O–H groups in total. The number of benzene rings is 3. The van der Waals surface area contributed by atoms with Crippen molar-refractivity contribution in [1.82, 2.24) is 4.98 Å². The topological polar surface area (TPSA) is 64.4 Å². The molecule has 0 fully saturated rings. The fourth-order valence-electron chi connectivity index (χ4n) is 3.08. The van der Waals surface area contributed by atoms with Crippen LogP contribution in [0.25, 0.3) is 22.6 Å². The molecule has 1 aromatic heterocycles. The number of nitrogens with zero attached hydrogens (tertiary/aromatic N) is 1. The molecule has 5 nitrogen and oxygen atoms in total. The molecule has 0 unspecified atom stereocenters. The summed E-state index contributed by atoms with van der Waals surface area (Å²) >= 11 is 12.3. The van der Waals surface area contributed by atoms with E-state index in [9.17, 15) is 4.79 Å². The van der Waals surface area contributed by atoms with Crippen LogP contribution in [-0.2, 0) is 4.79 Å². The monoisotopic (exact) mass is 440 g/mol. The van der Waals surface area contributed by atoms with E-state index in [1.807, 2.05) is 32.0 Å². The van der Waals surface area contributed by atoms with Crippen molar-refractivity contribution in [3.63, 3.8) is 0 Å². The lowest BCUT2D eigenvalue weighted by atomic mass is 10.1. The van der Waals surface area contributed by atoms with Crippen LogP contribution in [0.5, 0.6) is 5.75 Å². The summed E-state index contributed by atoms with van der Waals surface area (Å²) in [6.07, 6.45) is 0. The molecule has 3 aromatic carbocycles. The van der Waals surface area contributed by atoms with Gasteiger partial charge < -0.3 is 14.5 Å². The average Bonchev–Trinajstić information content (AvgIpc) is 3.12. The van der Waals surface area contributed by atoms with E-state index in [0.29, 0.717) is 44.0 Å². The lowest BCUT2D eigenvalue weighted by Gasteiger charge is -2.10. The minimum atomic E-state index is -0.268. The normalized spacial score (nSPS) is 10.9. The Hall–Kier alpha value is -3.02. The Bertz CT molecular complexity index is 1250. The summed E-state index contributed by atoms with van der Waals surface area (Å²) in [7, 11) is 0. The van der Waals surface area contributed by atoms with Gasteiger partial charge in [-0.15, -0.1) is 0 Å². The van der Waals surface area contributed by atoms with Gasteiger partial charge in [-0.25, -0.2) is 4.98 Å². The number of ether oxygens (including phenoxy) is 1. The Kier molecular flexibility index (Phi) is 5.66. The smallest absolute Gasteiger partial charge is 0.262 e. The van der Waals surface area contributed by atoms with Crippen molar-refractivity contribution in [2.75, 3.05) is 11.9 Å². The van der Waals surface area contributed by atoms with Gasteiger partial charge in [-0.05, 0) is 61.9 Å². The molecule has 0 radical (unpaired) electrons. The highest BCUT2D eigenvalue weighted by atomic mass is 35.5. The summed E-state index contributed by atoms with van der Waals surface area (Å²) in [6, 6.07) is 16.1. The zero-order valence-corrected chi connectivity index (χ0v) is 17.8. The number of anilines is 1. The maximum absolute atomic E-state index is 12.3. The third kappa shape index (κ3) is 4.42. The van der Waals surface area contributed by atoms with Crippen molar-refractivity contribution in [1.29, 1.82) is 0 Å². The third-order valence-electron chi connectivity index (χ3n) is 4.52. The van der Waals surface area contributed by atoms with Crippen molar-refractivity contribution in [3.05, 3.63) is 75.8 Å². The Morgan fingerprint density at radius 1 is 1.07 bits per heavy atom. The highest BCUT2D eigenvalue weighted by molar-refractivity contribution is 6.35. The van der Waals surface area contributed by atoms with E-state index >= 15 is 0 Å². The number of hydrogen-bond acceptors (Lipinski definition) is 4. The largest absolute Gasteiger partial charge is 0.483 e. The van der Waals surface area contributed by atoms with E-state index in [1.54, 1.807) is 36.4 Å². The lowest BCUT2D eigenvalue weighted by molar-refractivity contribution is -0.118. The lowest BCUT2D eigenvalue weighted by Crippen LogP contribution is -2.20. The molecular formula is C23H18Cl2N2O3. The molecule has 1 amide bonds. The number of carbonyl (C=O) groups excluding carboxylic acids is 1. The number of carbonyl (C=O) groups is 1. The third-order valence-corrected chi connectivity index (χ3v) is 5.08. The second-order valence-electron chi connectivity index (χ2n) is 6.93. The molecule has 0 spiro atoms. The van der Waals surface area contributed by atoms with Crippen LogP contribution < -0.4 is 10.1 Å². The zero-order valence-electron chi connectivity index (χ0n) is 16.3. The first-order valence-corrected chi connectivity index (χ1v) is 10.0. The number of halogens is 2. The molecule has 0 aliphatic carbocycles. The van der Waals surface area contributed by atoms with Gasteiger partial charge in [0, 0.05) is 10.7 Å². The number of aromatic nitrogens is 1. The highest BCUT2D eigenvalue weighted by Crippen LogP contribution is 2.32. The van der Waals surface area contributed by atoms with E-state index in [4.69, 9.17) is 32.4 Å². The van der Waals surface area contributed by atoms with Crippen LogP contribution >= 0.6 is 23.2 Å². The Morgan fingerprint density at radius 2 is 1.90 bits per heavy atom. The van der Waals surface area contributed by atoms with Gasteiger partial charge in [0.05, 0.1) is 10.6 Å². The maximum Gasteiger partial charge on any atom is 0.262 e. The number of hydrogen-bond donors (Lipinski definition) is 1. The standard InChI is InChI=1S/C23H18Cl2N2O3/c1-13-3-7-20(14(2)9-13)29-12-22(28)26-16-5-8-21-19(11-16)27-23(30-21)17-10-15(24)4-6-18(17)25/h3-11H,12H2,1-2H3,(H,26,28). The van der Waals surface area contributed by atoms with Crippen LogP contribution in [-0.4, -0.2) is 17.5 Å².